The van der Waals surface area contributed by atoms with Gasteiger partial charge in [-0.3, -0.25) is 0 Å². The molecule has 4 nitrogen and oxygen atoms in total. The summed E-state index contributed by atoms with van der Waals surface area (Å²) in [5.41, 5.74) is 0. The molecule has 0 rings (SSSR count). The van der Waals surface area contributed by atoms with E-state index in [4.69, 9.17) is 9.47 Å². The van der Waals surface area contributed by atoms with Crippen molar-refractivity contribution in [1.29, 1.82) is 0 Å². The Bertz CT molecular complexity index is 266. The van der Waals surface area contributed by atoms with Gasteiger partial charge in [0.15, 0.2) is 6.29 Å². The molecule has 90 valence electrons. The van der Waals surface area contributed by atoms with Crippen LogP contribution in [0.3, 0.4) is 0 Å². The molecule has 0 spiro atoms. The van der Waals surface area contributed by atoms with E-state index in [0.29, 0.717) is 19.6 Å². The lowest BCUT2D eigenvalue weighted by molar-refractivity contribution is -0.134. The third kappa shape index (κ3) is 8.04. The average Bonchev–Trinajstić information content (AvgIpc) is 2.28. The van der Waals surface area contributed by atoms with Crippen LogP contribution in [0.25, 0.3) is 0 Å². The molecular formula is C12H18O4. The van der Waals surface area contributed by atoms with E-state index in [9.17, 15) is 4.79 Å². The van der Waals surface area contributed by atoms with Gasteiger partial charge in [-0.15, -0.1) is 0 Å². The Balaban J connectivity index is 3.93. The number of carbonyl (C=O) groups excluding carboxylic acids is 1. The van der Waals surface area contributed by atoms with E-state index in [0.717, 1.165) is 0 Å². The largest absolute Gasteiger partial charge is 0.459 e. The van der Waals surface area contributed by atoms with Gasteiger partial charge in [0.2, 0.25) is 0 Å². The van der Waals surface area contributed by atoms with Gasteiger partial charge in [-0.05, 0) is 19.9 Å². The third-order valence-electron chi connectivity index (χ3n) is 1.59. The Morgan fingerprint density at radius 3 is 2.44 bits per heavy atom. The van der Waals surface area contributed by atoms with Crippen LogP contribution in [0.5, 0.6) is 0 Å². The van der Waals surface area contributed by atoms with Crippen molar-refractivity contribution < 1.29 is 19.0 Å². The second-order valence-corrected chi connectivity index (χ2v) is 2.74. The van der Waals surface area contributed by atoms with E-state index >= 15 is 0 Å². The Labute approximate surface area is 96.6 Å². The number of ether oxygens (including phenoxy) is 3. The quantitative estimate of drug-likeness (QED) is 0.298. The van der Waals surface area contributed by atoms with Crippen molar-refractivity contribution >= 4 is 5.97 Å². The second-order valence-electron chi connectivity index (χ2n) is 2.74. The monoisotopic (exact) mass is 226 g/mol. The molecule has 0 radical (unpaired) electrons. The summed E-state index contributed by atoms with van der Waals surface area (Å²) in [6.07, 6.45) is 3.75. The maximum atomic E-state index is 10.6. The van der Waals surface area contributed by atoms with Gasteiger partial charge in [-0.2, -0.15) is 0 Å². The van der Waals surface area contributed by atoms with Crippen molar-refractivity contribution in [3.8, 4) is 11.8 Å². The van der Waals surface area contributed by atoms with Crippen molar-refractivity contribution in [1.82, 2.24) is 0 Å². The van der Waals surface area contributed by atoms with Crippen molar-refractivity contribution in [2.45, 2.75) is 26.6 Å². The lowest BCUT2D eigenvalue weighted by Crippen LogP contribution is -2.16. The molecular weight excluding hydrogens is 208 g/mol. The molecule has 0 bridgehead atoms. The van der Waals surface area contributed by atoms with E-state index in [1.54, 1.807) is 12.2 Å². The third-order valence-corrected chi connectivity index (χ3v) is 1.59. The van der Waals surface area contributed by atoms with E-state index < -0.39 is 5.97 Å². The van der Waals surface area contributed by atoms with Gasteiger partial charge < -0.3 is 14.2 Å². The van der Waals surface area contributed by atoms with E-state index in [2.05, 4.69) is 16.6 Å². The van der Waals surface area contributed by atoms with Crippen LogP contribution in [0.1, 0.15) is 20.3 Å². The first-order valence-corrected chi connectivity index (χ1v) is 5.22. The average molecular weight is 226 g/mol. The van der Waals surface area contributed by atoms with Crippen LogP contribution in [0.2, 0.25) is 0 Å². The first kappa shape index (κ1) is 14.7. The summed E-state index contributed by atoms with van der Waals surface area (Å²) in [7, 11) is 1.29. The fourth-order valence-electron chi connectivity index (χ4n) is 0.946. The van der Waals surface area contributed by atoms with Gasteiger partial charge in [-0.1, -0.05) is 12.0 Å². The molecule has 0 saturated carbocycles. The second kappa shape index (κ2) is 10.2. The van der Waals surface area contributed by atoms with E-state index in [1.165, 1.54) is 7.11 Å². The van der Waals surface area contributed by atoms with E-state index in [1.807, 2.05) is 13.8 Å². The highest BCUT2D eigenvalue weighted by atomic mass is 16.7. The SMILES string of the molecule is CCOC(CC=CC#CC(=O)OC)OCC. The zero-order valence-corrected chi connectivity index (χ0v) is 9.99. The first-order chi connectivity index (χ1) is 7.74. The lowest BCUT2D eigenvalue weighted by atomic mass is 10.3. The molecule has 0 N–H and O–H groups in total. The van der Waals surface area contributed by atoms with Gasteiger partial charge >= 0.3 is 5.97 Å². The van der Waals surface area contributed by atoms with Crippen molar-refractivity contribution in [3.05, 3.63) is 12.2 Å². The summed E-state index contributed by atoms with van der Waals surface area (Å²) in [4.78, 5) is 10.6. The predicted molar refractivity (Wildman–Crippen MR) is 60.6 cm³/mol. The normalized spacial score (nSPS) is 10.2. The molecule has 0 aliphatic heterocycles. The zero-order chi connectivity index (χ0) is 12.2. The van der Waals surface area contributed by atoms with Gasteiger partial charge in [0.25, 0.3) is 0 Å². The first-order valence-electron chi connectivity index (χ1n) is 5.22. The smallest absolute Gasteiger partial charge is 0.384 e. The number of hydrogen-bond donors (Lipinski definition) is 0. The minimum absolute atomic E-state index is 0.244. The van der Waals surface area contributed by atoms with Crippen LogP contribution in [0.15, 0.2) is 12.2 Å². The highest BCUT2D eigenvalue weighted by Crippen LogP contribution is 2.01. The van der Waals surface area contributed by atoms with Crippen LogP contribution in [-0.2, 0) is 19.0 Å². The standard InChI is InChI=1S/C12H18O4/c1-4-15-12(16-5-2)10-8-6-7-9-11(13)14-3/h6,8,12H,4-5,10H2,1-3H3. The number of allylic oxidation sites excluding steroid dienone is 1. The number of methoxy groups -OCH3 is 1. The highest BCUT2D eigenvalue weighted by Gasteiger charge is 2.03. The van der Waals surface area contributed by atoms with Crippen LogP contribution in [0.4, 0.5) is 0 Å². The number of esters is 1. The van der Waals surface area contributed by atoms with Crippen LogP contribution in [0, 0.1) is 11.8 Å². The molecule has 0 saturated heterocycles. The fraction of sp³-hybridized carbons (Fsp3) is 0.583. The maximum absolute atomic E-state index is 10.6. The van der Waals surface area contributed by atoms with Gasteiger partial charge in [0.1, 0.15) is 0 Å². The molecule has 0 heterocycles. The number of rotatable bonds is 6. The molecule has 0 aromatic heterocycles. The molecule has 16 heavy (non-hydrogen) atoms. The molecule has 0 unspecified atom stereocenters. The molecule has 4 heteroatoms. The Hall–Kier alpha value is -1.31. The Morgan fingerprint density at radius 1 is 1.31 bits per heavy atom. The van der Waals surface area contributed by atoms with Crippen LogP contribution >= 0.6 is 0 Å². The lowest BCUT2D eigenvalue weighted by Gasteiger charge is -2.14. The molecule has 0 amide bonds. The minimum Gasteiger partial charge on any atom is -0.459 e. The molecule has 0 aromatic carbocycles. The number of carbonyl (C=O) groups is 1. The molecule has 0 aliphatic carbocycles. The Kier molecular flexibility index (Phi) is 9.38. The fourth-order valence-corrected chi connectivity index (χ4v) is 0.946. The molecule has 0 atom stereocenters. The number of hydrogen-bond acceptors (Lipinski definition) is 4. The zero-order valence-electron chi connectivity index (χ0n) is 9.99. The minimum atomic E-state index is -0.546. The van der Waals surface area contributed by atoms with Crippen molar-refractivity contribution in [2.75, 3.05) is 20.3 Å². The van der Waals surface area contributed by atoms with Crippen molar-refractivity contribution in [2.24, 2.45) is 0 Å². The van der Waals surface area contributed by atoms with E-state index in [-0.39, 0.29) is 6.29 Å². The summed E-state index contributed by atoms with van der Waals surface area (Å²) in [5, 5.41) is 0. The predicted octanol–water partition coefficient (Wildman–Crippen LogP) is 1.51. The Morgan fingerprint density at radius 2 is 1.94 bits per heavy atom. The van der Waals surface area contributed by atoms with Gasteiger partial charge in [0.05, 0.1) is 7.11 Å². The van der Waals surface area contributed by atoms with Crippen molar-refractivity contribution in [3.63, 3.8) is 0 Å². The van der Waals surface area contributed by atoms with Gasteiger partial charge in [0, 0.05) is 25.6 Å². The highest BCUT2D eigenvalue weighted by molar-refractivity contribution is 5.88. The summed E-state index contributed by atoms with van der Waals surface area (Å²) in [6, 6.07) is 0. The van der Waals surface area contributed by atoms with Crippen LogP contribution in [-0.4, -0.2) is 32.6 Å². The molecule has 0 aromatic rings. The van der Waals surface area contributed by atoms with Crippen LogP contribution < -0.4 is 0 Å². The molecule has 0 fully saturated rings. The summed E-state index contributed by atoms with van der Waals surface area (Å²) in [6.45, 7) is 5.03. The maximum Gasteiger partial charge on any atom is 0.384 e. The summed E-state index contributed by atoms with van der Waals surface area (Å²) in [5.74, 6) is 4.30. The van der Waals surface area contributed by atoms with Gasteiger partial charge in [-0.25, -0.2) is 4.79 Å². The molecule has 0 aliphatic rings. The summed E-state index contributed by atoms with van der Waals surface area (Å²) >= 11 is 0. The topological polar surface area (TPSA) is 44.8 Å². The summed E-state index contributed by atoms with van der Waals surface area (Å²) < 4.78 is 15.0.